The van der Waals surface area contributed by atoms with Crippen LogP contribution in [0.5, 0.6) is 0 Å². The zero-order valence-corrected chi connectivity index (χ0v) is 14.1. The van der Waals surface area contributed by atoms with Crippen LogP contribution in [0.1, 0.15) is 56.2 Å². The van der Waals surface area contributed by atoms with E-state index in [9.17, 15) is 0 Å². The van der Waals surface area contributed by atoms with Gasteiger partial charge in [0.05, 0.1) is 0 Å². The van der Waals surface area contributed by atoms with E-state index in [2.05, 4.69) is 55.4 Å². The van der Waals surface area contributed by atoms with Crippen LogP contribution in [0.4, 0.5) is 0 Å². The molecule has 1 aliphatic rings. The van der Waals surface area contributed by atoms with E-state index in [0.717, 1.165) is 12.5 Å². The Morgan fingerprint density at radius 3 is 2.48 bits per heavy atom. The van der Waals surface area contributed by atoms with Crippen LogP contribution in [-0.2, 0) is 0 Å². The van der Waals surface area contributed by atoms with Crippen molar-refractivity contribution >= 4 is 0 Å². The molecule has 2 nitrogen and oxygen atoms in total. The second kappa shape index (κ2) is 8.55. The highest BCUT2D eigenvalue weighted by atomic mass is 15.1. The molecule has 0 amide bonds. The highest BCUT2D eigenvalue weighted by Crippen LogP contribution is 2.25. The maximum Gasteiger partial charge on any atom is 0.0332 e. The van der Waals surface area contributed by atoms with Crippen LogP contribution in [-0.4, -0.2) is 31.6 Å². The minimum Gasteiger partial charge on any atom is -0.310 e. The summed E-state index contributed by atoms with van der Waals surface area (Å²) in [5.41, 5.74) is 2.77. The van der Waals surface area contributed by atoms with Gasteiger partial charge in [0.15, 0.2) is 0 Å². The standard InChI is InChI=1S/C19H32N2/c1-4-20-19(18-11-9-16(2)10-12-18)13-14-21(3)15-17-7-5-6-8-17/h9-12,17,19-20H,4-8,13-15H2,1-3H3. The maximum atomic E-state index is 3.64. The molecule has 0 radical (unpaired) electrons. The molecule has 0 bridgehead atoms. The third kappa shape index (κ3) is 5.44. The Bertz CT molecular complexity index is 393. The van der Waals surface area contributed by atoms with E-state index < -0.39 is 0 Å². The number of hydrogen-bond donors (Lipinski definition) is 1. The van der Waals surface area contributed by atoms with Crippen molar-refractivity contribution in [2.24, 2.45) is 5.92 Å². The molecular formula is C19H32N2. The van der Waals surface area contributed by atoms with E-state index >= 15 is 0 Å². The first kappa shape index (κ1) is 16.5. The molecule has 1 N–H and O–H groups in total. The van der Waals surface area contributed by atoms with Gasteiger partial charge < -0.3 is 10.2 Å². The molecule has 1 aromatic carbocycles. The summed E-state index contributed by atoms with van der Waals surface area (Å²) in [6.07, 6.45) is 6.97. The van der Waals surface area contributed by atoms with Crippen molar-refractivity contribution in [1.82, 2.24) is 10.2 Å². The summed E-state index contributed by atoms with van der Waals surface area (Å²) < 4.78 is 0. The lowest BCUT2D eigenvalue weighted by molar-refractivity contribution is 0.263. The van der Waals surface area contributed by atoms with Crippen molar-refractivity contribution < 1.29 is 0 Å². The zero-order valence-electron chi connectivity index (χ0n) is 14.1. The molecule has 0 heterocycles. The minimum atomic E-state index is 0.488. The third-order valence-corrected chi connectivity index (χ3v) is 4.77. The maximum absolute atomic E-state index is 3.64. The average molecular weight is 288 g/mol. The van der Waals surface area contributed by atoms with Crippen molar-refractivity contribution in [3.05, 3.63) is 35.4 Å². The van der Waals surface area contributed by atoms with Gasteiger partial charge >= 0.3 is 0 Å². The third-order valence-electron chi connectivity index (χ3n) is 4.77. The molecule has 1 atom stereocenters. The molecule has 1 aromatic rings. The lowest BCUT2D eigenvalue weighted by atomic mass is 10.0. The van der Waals surface area contributed by atoms with Crippen LogP contribution in [0, 0.1) is 12.8 Å². The van der Waals surface area contributed by atoms with E-state index in [1.807, 2.05) is 0 Å². The van der Waals surface area contributed by atoms with Gasteiger partial charge in [0.2, 0.25) is 0 Å². The quantitative estimate of drug-likeness (QED) is 0.773. The van der Waals surface area contributed by atoms with Crippen LogP contribution in [0.15, 0.2) is 24.3 Å². The topological polar surface area (TPSA) is 15.3 Å². The summed E-state index contributed by atoms with van der Waals surface area (Å²) in [4.78, 5) is 2.54. The molecule has 0 spiro atoms. The number of nitrogens with zero attached hydrogens (tertiary/aromatic N) is 1. The number of nitrogens with one attached hydrogen (secondary N) is 1. The van der Waals surface area contributed by atoms with Crippen LogP contribution < -0.4 is 5.32 Å². The van der Waals surface area contributed by atoms with E-state index in [1.54, 1.807) is 0 Å². The summed E-state index contributed by atoms with van der Waals surface area (Å²) in [5.74, 6) is 0.951. The molecule has 0 aromatic heterocycles. The summed E-state index contributed by atoms with van der Waals surface area (Å²) in [5, 5.41) is 3.64. The molecule has 118 valence electrons. The average Bonchev–Trinajstić information content (AvgIpc) is 2.97. The molecule has 1 saturated carbocycles. The highest BCUT2D eigenvalue weighted by Gasteiger charge is 2.17. The van der Waals surface area contributed by atoms with Gasteiger partial charge in [0.25, 0.3) is 0 Å². The van der Waals surface area contributed by atoms with Crippen LogP contribution in [0.2, 0.25) is 0 Å². The predicted octanol–water partition coefficient (Wildman–Crippen LogP) is 4.16. The van der Waals surface area contributed by atoms with Gasteiger partial charge in [0.1, 0.15) is 0 Å². The number of hydrogen-bond acceptors (Lipinski definition) is 2. The number of aryl methyl sites for hydroxylation is 1. The van der Waals surface area contributed by atoms with Crippen LogP contribution in [0.25, 0.3) is 0 Å². The summed E-state index contributed by atoms with van der Waals surface area (Å²) in [6.45, 7) is 7.85. The molecule has 2 heteroatoms. The van der Waals surface area contributed by atoms with Crippen molar-refractivity contribution in [1.29, 1.82) is 0 Å². The second-order valence-electron chi connectivity index (χ2n) is 6.72. The van der Waals surface area contributed by atoms with Gasteiger partial charge in [-0.2, -0.15) is 0 Å². The Morgan fingerprint density at radius 1 is 1.19 bits per heavy atom. The fourth-order valence-electron chi connectivity index (χ4n) is 3.51. The number of rotatable bonds is 8. The van der Waals surface area contributed by atoms with E-state index in [1.165, 1.54) is 56.3 Å². The molecule has 0 saturated heterocycles. The molecule has 1 aliphatic carbocycles. The lowest BCUT2D eigenvalue weighted by Crippen LogP contribution is -2.30. The monoisotopic (exact) mass is 288 g/mol. The lowest BCUT2D eigenvalue weighted by Gasteiger charge is -2.24. The van der Waals surface area contributed by atoms with Crippen LogP contribution in [0.3, 0.4) is 0 Å². The van der Waals surface area contributed by atoms with Gasteiger partial charge in [-0.1, -0.05) is 49.6 Å². The first-order valence-electron chi connectivity index (χ1n) is 8.67. The van der Waals surface area contributed by atoms with Gasteiger partial charge in [-0.05, 0) is 57.8 Å². The van der Waals surface area contributed by atoms with E-state index in [4.69, 9.17) is 0 Å². The smallest absolute Gasteiger partial charge is 0.0332 e. The molecular weight excluding hydrogens is 256 g/mol. The van der Waals surface area contributed by atoms with Crippen molar-refractivity contribution in [2.75, 3.05) is 26.7 Å². The van der Waals surface area contributed by atoms with E-state index in [0.29, 0.717) is 6.04 Å². The Balaban J connectivity index is 1.82. The molecule has 0 aliphatic heterocycles. The van der Waals surface area contributed by atoms with Crippen molar-refractivity contribution in [3.8, 4) is 0 Å². The summed E-state index contributed by atoms with van der Waals surface area (Å²) in [7, 11) is 2.29. The molecule has 1 fully saturated rings. The molecule has 1 unspecified atom stereocenters. The van der Waals surface area contributed by atoms with Crippen LogP contribution >= 0.6 is 0 Å². The Labute approximate surface area is 130 Å². The van der Waals surface area contributed by atoms with Gasteiger partial charge in [0, 0.05) is 12.6 Å². The fourth-order valence-corrected chi connectivity index (χ4v) is 3.51. The van der Waals surface area contributed by atoms with Crippen molar-refractivity contribution in [3.63, 3.8) is 0 Å². The van der Waals surface area contributed by atoms with Gasteiger partial charge in [-0.15, -0.1) is 0 Å². The summed E-state index contributed by atoms with van der Waals surface area (Å²) in [6, 6.07) is 9.49. The predicted molar refractivity (Wildman–Crippen MR) is 91.7 cm³/mol. The number of benzene rings is 1. The first-order valence-corrected chi connectivity index (χ1v) is 8.67. The van der Waals surface area contributed by atoms with Gasteiger partial charge in [-0.25, -0.2) is 0 Å². The minimum absolute atomic E-state index is 0.488. The largest absolute Gasteiger partial charge is 0.310 e. The van der Waals surface area contributed by atoms with Crippen molar-refractivity contribution in [2.45, 2.75) is 52.0 Å². The highest BCUT2D eigenvalue weighted by molar-refractivity contribution is 5.24. The molecule has 2 rings (SSSR count). The summed E-state index contributed by atoms with van der Waals surface area (Å²) >= 11 is 0. The molecule has 21 heavy (non-hydrogen) atoms. The SMILES string of the molecule is CCNC(CCN(C)CC1CCCC1)c1ccc(C)cc1. The Kier molecular flexibility index (Phi) is 6.72. The normalized spacial score (nSPS) is 17.5. The van der Waals surface area contributed by atoms with E-state index in [-0.39, 0.29) is 0 Å². The second-order valence-corrected chi connectivity index (χ2v) is 6.72. The zero-order chi connectivity index (χ0) is 15.1. The van der Waals surface area contributed by atoms with Gasteiger partial charge in [-0.3, -0.25) is 0 Å². The Hall–Kier alpha value is -0.860. The Morgan fingerprint density at radius 2 is 1.86 bits per heavy atom. The fraction of sp³-hybridized carbons (Fsp3) is 0.684. The first-order chi connectivity index (χ1) is 10.2.